The number of rotatable bonds is 3. The van der Waals surface area contributed by atoms with Gasteiger partial charge in [0, 0.05) is 5.41 Å². The van der Waals surface area contributed by atoms with Gasteiger partial charge in [-0.05, 0) is 37.0 Å². The lowest BCUT2D eigenvalue weighted by molar-refractivity contribution is -0.235. The van der Waals surface area contributed by atoms with E-state index < -0.39 is 16.3 Å². The fourth-order valence-electron chi connectivity index (χ4n) is 2.50. The van der Waals surface area contributed by atoms with Crippen LogP contribution in [0, 0.1) is 5.41 Å². The first-order chi connectivity index (χ1) is 10.3. The van der Waals surface area contributed by atoms with Gasteiger partial charge in [-0.3, -0.25) is 0 Å². The number of allylic oxidation sites excluding steroid dienone is 1. The fourth-order valence-corrected chi connectivity index (χ4v) is 6.10. The topological polar surface area (TPSA) is 50.8 Å². The average molecular weight is 361 g/mol. The largest absolute Gasteiger partial charge is 0.631 e. The van der Waals surface area contributed by atoms with Crippen molar-refractivity contribution >= 4 is 16.3 Å². The van der Waals surface area contributed by atoms with E-state index in [4.69, 9.17) is 13.5 Å². The van der Waals surface area contributed by atoms with Gasteiger partial charge >= 0.3 is 0 Å². The molecule has 1 saturated heterocycles. The van der Waals surface area contributed by atoms with Crippen molar-refractivity contribution in [2.75, 3.05) is 13.2 Å². The average Bonchev–Trinajstić information content (AvgIpc) is 2.42. The zero-order valence-electron chi connectivity index (χ0n) is 15.7. The minimum Gasteiger partial charge on any atom is -0.631 e. The van der Waals surface area contributed by atoms with Gasteiger partial charge in [-0.15, -0.1) is 0 Å². The molecule has 0 bridgehead atoms. The molecule has 2 aliphatic rings. The molecule has 0 saturated carbocycles. The van der Waals surface area contributed by atoms with E-state index in [9.17, 15) is 4.89 Å². The Morgan fingerprint density at radius 1 is 1.13 bits per heavy atom. The maximum absolute atomic E-state index is 12.9. The Balaban J connectivity index is 1.96. The molecule has 0 spiro atoms. The van der Waals surface area contributed by atoms with E-state index in [1.54, 1.807) is 0 Å². The molecule has 1 unspecified atom stereocenters. The van der Waals surface area contributed by atoms with Crippen LogP contribution in [0.25, 0.3) is 0 Å². The van der Waals surface area contributed by atoms with Crippen LogP contribution in [0.5, 0.6) is 0 Å². The van der Waals surface area contributed by atoms with E-state index >= 15 is 0 Å². The molecular weight excluding hydrogens is 327 g/mol. The maximum atomic E-state index is 12.9. The first kappa shape index (κ1) is 19.6. The summed E-state index contributed by atoms with van der Waals surface area (Å²) in [4.78, 5) is 12.9. The lowest BCUT2D eigenvalue weighted by atomic mass is 9.97. The Hall–Kier alpha value is 0.227. The standard InChI is InChI=1S/C17H33O4PSi/c1-16(2,3)23(6,7)21-14-8-10-15(11-9-14)22(18)19-12-17(4,5)13-20-22/h8,10,14-15H,9,11-13H2,1-7H3/t14-,15?/m1/s1. The van der Waals surface area contributed by atoms with E-state index in [0.717, 1.165) is 12.8 Å². The SMILES string of the molecule is CC1(C)CO[P+]([O-])(C2C=C[C@@H](O[Si](C)(C)C(C)(C)C)CC2)OC1. The van der Waals surface area contributed by atoms with Crippen LogP contribution in [0.2, 0.25) is 18.1 Å². The predicted octanol–water partition coefficient (Wildman–Crippen LogP) is 4.29. The number of hydrogen-bond acceptors (Lipinski definition) is 4. The van der Waals surface area contributed by atoms with Crippen molar-refractivity contribution in [2.45, 2.75) is 77.4 Å². The highest BCUT2D eigenvalue weighted by molar-refractivity contribution is 7.60. The van der Waals surface area contributed by atoms with Crippen LogP contribution in [-0.4, -0.2) is 33.3 Å². The molecular formula is C17H33O4PSi. The van der Waals surface area contributed by atoms with E-state index in [-0.39, 0.29) is 22.2 Å². The maximum Gasteiger partial charge on any atom is 0.244 e. The van der Waals surface area contributed by atoms with Crippen molar-refractivity contribution in [3.8, 4) is 0 Å². The lowest BCUT2D eigenvalue weighted by Gasteiger charge is -2.43. The lowest BCUT2D eigenvalue weighted by Crippen LogP contribution is -2.44. The van der Waals surface area contributed by atoms with Crippen LogP contribution in [-0.2, 0) is 13.5 Å². The molecule has 4 nitrogen and oxygen atoms in total. The molecule has 6 heteroatoms. The van der Waals surface area contributed by atoms with Gasteiger partial charge in [-0.25, -0.2) is 9.05 Å². The van der Waals surface area contributed by atoms with E-state index in [1.165, 1.54) is 0 Å². The zero-order valence-corrected chi connectivity index (χ0v) is 17.6. The van der Waals surface area contributed by atoms with Crippen molar-refractivity contribution in [1.29, 1.82) is 0 Å². The van der Waals surface area contributed by atoms with Crippen molar-refractivity contribution in [3.63, 3.8) is 0 Å². The Morgan fingerprint density at radius 2 is 1.70 bits per heavy atom. The molecule has 134 valence electrons. The molecule has 2 rings (SSSR count). The van der Waals surface area contributed by atoms with Gasteiger partial charge < -0.3 is 9.32 Å². The van der Waals surface area contributed by atoms with Gasteiger partial charge in [0.25, 0.3) is 0 Å². The third kappa shape index (κ3) is 4.65. The molecule has 1 heterocycles. The second-order valence-electron chi connectivity index (χ2n) is 9.20. The summed E-state index contributed by atoms with van der Waals surface area (Å²) in [7, 11) is -4.78. The first-order valence-corrected chi connectivity index (χ1v) is 13.1. The van der Waals surface area contributed by atoms with Crippen molar-refractivity contribution in [3.05, 3.63) is 12.2 Å². The summed E-state index contributed by atoms with van der Waals surface area (Å²) >= 11 is 0. The van der Waals surface area contributed by atoms with Gasteiger partial charge in [-0.1, -0.05) is 40.7 Å². The Morgan fingerprint density at radius 3 is 2.13 bits per heavy atom. The predicted molar refractivity (Wildman–Crippen MR) is 96.8 cm³/mol. The smallest absolute Gasteiger partial charge is 0.244 e. The molecule has 1 fully saturated rings. The van der Waals surface area contributed by atoms with Crippen LogP contribution >= 0.6 is 7.94 Å². The second-order valence-corrected chi connectivity index (χ2v) is 16.2. The van der Waals surface area contributed by atoms with E-state index in [2.05, 4.69) is 53.8 Å². The normalized spacial score (nSPS) is 31.1. The highest BCUT2D eigenvalue weighted by Gasteiger charge is 2.48. The molecule has 0 amide bonds. The molecule has 0 radical (unpaired) electrons. The summed E-state index contributed by atoms with van der Waals surface area (Å²) < 4.78 is 17.7. The van der Waals surface area contributed by atoms with Crippen LogP contribution in [0.4, 0.5) is 0 Å². The van der Waals surface area contributed by atoms with Crippen LogP contribution in [0.1, 0.15) is 47.5 Å². The highest BCUT2D eigenvalue weighted by Crippen LogP contribution is 2.63. The third-order valence-corrected chi connectivity index (χ3v) is 11.9. The minimum atomic E-state index is -3.01. The summed E-state index contributed by atoms with van der Waals surface area (Å²) in [6.45, 7) is 16.4. The molecule has 2 atom stereocenters. The summed E-state index contributed by atoms with van der Waals surface area (Å²) in [5.41, 5.74) is -0.182. The molecule has 0 aromatic heterocycles. The molecule has 0 aromatic carbocycles. The number of hydrogen-bond donors (Lipinski definition) is 0. The Labute approximate surface area is 143 Å². The van der Waals surface area contributed by atoms with Crippen LogP contribution < -0.4 is 4.89 Å². The van der Waals surface area contributed by atoms with Gasteiger partial charge in [-0.2, -0.15) is 0 Å². The van der Waals surface area contributed by atoms with Crippen molar-refractivity contribution in [1.82, 2.24) is 0 Å². The van der Waals surface area contributed by atoms with Gasteiger partial charge in [0.2, 0.25) is 7.94 Å². The molecule has 0 aromatic rings. The molecule has 1 aliphatic carbocycles. The van der Waals surface area contributed by atoms with E-state index in [1.807, 2.05) is 6.08 Å². The van der Waals surface area contributed by atoms with Gasteiger partial charge in [0.05, 0.1) is 6.10 Å². The molecule has 0 N–H and O–H groups in total. The molecule has 1 aliphatic heterocycles. The zero-order chi connectivity index (χ0) is 17.5. The monoisotopic (exact) mass is 360 g/mol. The molecule has 23 heavy (non-hydrogen) atoms. The summed E-state index contributed by atoms with van der Waals surface area (Å²) in [6, 6.07) is 0. The second kappa shape index (κ2) is 6.51. The Kier molecular flexibility index (Phi) is 5.53. The first-order valence-electron chi connectivity index (χ1n) is 8.60. The van der Waals surface area contributed by atoms with Gasteiger partial charge in [0.1, 0.15) is 18.9 Å². The van der Waals surface area contributed by atoms with Crippen molar-refractivity contribution in [2.24, 2.45) is 5.41 Å². The minimum absolute atomic E-state index is 0.0553. The van der Waals surface area contributed by atoms with Crippen LogP contribution in [0.15, 0.2) is 12.2 Å². The fraction of sp³-hybridized carbons (Fsp3) is 0.882. The summed E-state index contributed by atoms with van der Waals surface area (Å²) in [5, 5.41) is 0.200. The van der Waals surface area contributed by atoms with Crippen LogP contribution in [0.3, 0.4) is 0 Å². The van der Waals surface area contributed by atoms with E-state index in [0.29, 0.717) is 13.2 Å². The quantitative estimate of drug-likeness (QED) is 0.428. The summed E-state index contributed by atoms with van der Waals surface area (Å²) in [5.74, 6) is 0. The van der Waals surface area contributed by atoms with Gasteiger partial charge in [0.15, 0.2) is 8.32 Å². The third-order valence-electron chi connectivity index (χ3n) is 5.22. The Bertz CT molecular complexity index is 446. The van der Waals surface area contributed by atoms with Crippen molar-refractivity contribution < 1.29 is 18.4 Å². The highest BCUT2D eigenvalue weighted by atomic mass is 31.2. The summed E-state index contributed by atoms with van der Waals surface area (Å²) in [6.07, 6.45) is 5.88.